The molecule has 1 aromatic carbocycles. The molecule has 0 bridgehead atoms. The van der Waals surface area contributed by atoms with Gasteiger partial charge in [0.15, 0.2) is 5.13 Å². The molecule has 0 radical (unpaired) electrons. The number of carbonyl (C=O) groups is 1. The lowest BCUT2D eigenvalue weighted by Crippen LogP contribution is -2.12. The molecule has 3 rings (SSSR count). The molecule has 0 spiro atoms. The van der Waals surface area contributed by atoms with Crippen LogP contribution in [-0.4, -0.2) is 10.9 Å². The van der Waals surface area contributed by atoms with Gasteiger partial charge in [0.25, 0.3) is 5.91 Å². The van der Waals surface area contributed by atoms with Crippen molar-refractivity contribution in [2.24, 2.45) is 0 Å². The summed E-state index contributed by atoms with van der Waals surface area (Å²) >= 11 is 2.80. The van der Waals surface area contributed by atoms with Gasteiger partial charge in [0, 0.05) is 17.0 Å². The molecule has 7 heteroatoms. The Hall–Kier alpha value is -2.12. The zero-order valence-corrected chi connectivity index (χ0v) is 12.1. The summed E-state index contributed by atoms with van der Waals surface area (Å²) in [5.74, 6) is -2.18. The number of thiophene rings is 1. The average molecular weight is 322 g/mol. The summed E-state index contributed by atoms with van der Waals surface area (Å²) in [5, 5.41) is 6.66. The molecule has 0 aliphatic heterocycles. The first-order valence-electron chi connectivity index (χ1n) is 5.89. The van der Waals surface area contributed by atoms with Gasteiger partial charge in [-0.15, -0.1) is 22.7 Å². The fourth-order valence-corrected chi connectivity index (χ4v) is 3.19. The maximum atomic E-state index is 13.1. The van der Waals surface area contributed by atoms with Crippen LogP contribution in [0.2, 0.25) is 0 Å². The number of carbonyl (C=O) groups excluding carboxylic acids is 1. The maximum absolute atomic E-state index is 13.1. The Bertz CT molecular complexity index is 764. The number of benzene rings is 1. The molecule has 106 valence electrons. The van der Waals surface area contributed by atoms with Gasteiger partial charge in [-0.3, -0.25) is 10.1 Å². The molecular weight excluding hydrogens is 314 g/mol. The third-order valence-electron chi connectivity index (χ3n) is 2.62. The largest absolute Gasteiger partial charge is 0.298 e. The number of amides is 1. The highest BCUT2D eigenvalue weighted by Gasteiger charge is 2.12. The molecular formula is C14H8F2N2OS2. The summed E-state index contributed by atoms with van der Waals surface area (Å²) in [6, 6.07) is 6.51. The van der Waals surface area contributed by atoms with E-state index in [4.69, 9.17) is 0 Å². The van der Waals surface area contributed by atoms with Crippen LogP contribution in [0, 0.1) is 11.6 Å². The highest BCUT2D eigenvalue weighted by Crippen LogP contribution is 2.28. The Morgan fingerprint density at radius 2 is 1.90 bits per heavy atom. The molecule has 0 unspecified atom stereocenters. The van der Waals surface area contributed by atoms with Crippen LogP contribution in [0.25, 0.3) is 10.6 Å². The van der Waals surface area contributed by atoms with Crippen molar-refractivity contribution < 1.29 is 13.6 Å². The van der Waals surface area contributed by atoms with E-state index in [-0.39, 0.29) is 5.56 Å². The number of rotatable bonds is 3. The van der Waals surface area contributed by atoms with Crippen molar-refractivity contribution in [2.75, 3.05) is 5.32 Å². The van der Waals surface area contributed by atoms with Crippen LogP contribution in [0.1, 0.15) is 10.4 Å². The Morgan fingerprint density at radius 3 is 2.57 bits per heavy atom. The predicted molar refractivity (Wildman–Crippen MR) is 79.7 cm³/mol. The van der Waals surface area contributed by atoms with Crippen molar-refractivity contribution in [3.05, 3.63) is 58.3 Å². The van der Waals surface area contributed by atoms with Crippen molar-refractivity contribution >= 4 is 33.7 Å². The number of aromatic nitrogens is 1. The molecule has 0 aliphatic rings. The lowest BCUT2D eigenvalue weighted by atomic mass is 10.2. The van der Waals surface area contributed by atoms with Crippen LogP contribution in [0.5, 0.6) is 0 Å². The van der Waals surface area contributed by atoms with E-state index in [0.717, 1.165) is 28.8 Å². The molecule has 0 saturated carbocycles. The first-order chi connectivity index (χ1) is 10.1. The molecule has 0 aliphatic carbocycles. The van der Waals surface area contributed by atoms with Crippen LogP contribution in [0.3, 0.4) is 0 Å². The van der Waals surface area contributed by atoms with E-state index in [1.807, 2.05) is 22.9 Å². The summed E-state index contributed by atoms with van der Waals surface area (Å²) in [7, 11) is 0. The number of hydrogen-bond acceptors (Lipinski definition) is 4. The van der Waals surface area contributed by atoms with Gasteiger partial charge in [0.1, 0.15) is 11.6 Å². The number of hydrogen-bond donors (Lipinski definition) is 1. The molecule has 21 heavy (non-hydrogen) atoms. The second-order valence-electron chi connectivity index (χ2n) is 4.13. The molecule has 0 atom stereocenters. The molecule has 0 fully saturated rings. The third-order valence-corrected chi connectivity index (χ3v) is 4.27. The van der Waals surface area contributed by atoms with E-state index in [1.54, 1.807) is 11.3 Å². The molecule has 1 N–H and O–H groups in total. The second-order valence-corrected chi connectivity index (χ2v) is 5.93. The third kappa shape index (κ3) is 3.14. The van der Waals surface area contributed by atoms with E-state index < -0.39 is 17.5 Å². The highest BCUT2D eigenvalue weighted by molar-refractivity contribution is 7.16. The van der Waals surface area contributed by atoms with Gasteiger partial charge in [0.05, 0.1) is 10.6 Å². The van der Waals surface area contributed by atoms with Crippen LogP contribution in [0.4, 0.5) is 13.9 Å². The second kappa shape index (κ2) is 5.71. The molecule has 3 aromatic rings. The number of anilines is 1. The molecule has 2 heterocycles. The minimum Gasteiger partial charge on any atom is -0.298 e. The zero-order chi connectivity index (χ0) is 14.8. The quantitative estimate of drug-likeness (QED) is 0.776. The van der Waals surface area contributed by atoms with Gasteiger partial charge in [-0.2, -0.15) is 0 Å². The van der Waals surface area contributed by atoms with Crippen LogP contribution < -0.4 is 5.32 Å². The fourth-order valence-electron chi connectivity index (χ4n) is 1.72. The summed E-state index contributed by atoms with van der Waals surface area (Å²) in [6.07, 6.45) is 0. The van der Waals surface area contributed by atoms with Gasteiger partial charge >= 0.3 is 0 Å². The molecule has 2 aromatic heterocycles. The Kier molecular flexibility index (Phi) is 3.76. The lowest BCUT2D eigenvalue weighted by molar-refractivity contribution is 0.102. The number of nitrogens with zero attached hydrogens (tertiary/aromatic N) is 1. The van der Waals surface area contributed by atoms with Gasteiger partial charge in [0.2, 0.25) is 0 Å². The Morgan fingerprint density at radius 1 is 1.14 bits per heavy atom. The lowest BCUT2D eigenvalue weighted by Gasteiger charge is -2.02. The summed E-state index contributed by atoms with van der Waals surface area (Å²) in [4.78, 5) is 17.2. The number of thiazole rings is 1. The summed E-state index contributed by atoms with van der Waals surface area (Å²) < 4.78 is 26.2. The molecule has 0 saturated heterocycles. The van der Waals surface area contributed by atoms with Crippen LogP contribution in [0.15, 0.2) is 41.1 Å². The van der Waals surface area contributed by atoms with Gasteiger partial charge in [-0.05, 0) is 23.6 Å². The molecule has 1 amide bonds. The SMILES string of the molecule is O=C(Nc1nc(-c2cccs2)cs1)c1cc(F)cc(F)c1. The average Bonchev–Trinajstić information content (AvgIpc) is 3.07. The van der Waals surface area contributed by atoms with E-state index in [9.17, 15) is 13.6 Å². The minimum absolute atomic E-state index is 0.0830. The molecule has 3 nitrogen and oxygen atoms in total. The smallest absolute Gasteiger partial charge is 0.257 e. The summed E-state index contributed by atoms with van der Waals surface area (Å²) in [5.41, 5.74) is 0.677. The minimum atomic E-state index is -0.793. The van der Waals surface area contributed by atoms with Crippen molar-refractivity contribution in [1.82, 2.24) is 4.98 Å². The predicted octanol–water partition coefficient (Wildman–Crippen LogP) is 4.40. The van der Waals surface area contributed by atoms with Crippen molar-refractivity contribution in [3.63, 3.8) is 0 Å². The van der Waals surface area contributed by atoms with Crippen molar-refractivity contribution in [3.8, 4) is 10.6 Å². The normalized spacial score (nSPS) is 10.6. The Labute approximate surface area is 126 Å². The highest BCUT2D eigenvalue weighted by atomic mass is 32.1. The Balaban J connectivity index is 1.79. The van der Waals surface area contributed by atoms with Gasteiger partial charge in [-0.1, -0.05) is 6.07 Å². The van der Waals surface area contributed by atoms with Crippen LogP contribution in [-0.2, 0) is 0 Å². The standard InChI is InChI=1S/C14H8F2N2OS2/c15-9-4-8(5-10(16)6-9)13(19)18-14-17-11(7-21-14)12-2-1-3-20-12/h1-7H,(H,17,18,19). The number of halogens is 2. The topological polar surface area (TPSA) is 42.0 Å². The van der Waals surface area contributed by atoms with Crippen LogP contribution >= 0.6 is 22.7 Å². The van der Waals surface area contributed by atoms with E-state index in [0.29, 0.717) is 5.13 Å². The van der Waals surface area contributed by atoms with Crippen molar-refractivity contribution in [1.29, 1.82) is 0 Å². The summed E-state index contributed by atoms with van der Waals surface area (Å²) in [6.45, 7) is 0. The van der Waals surface area contributed by atoms with Crippen molar-refractivity contribution in [2.45, 2.75) is 0 Å². The van der Waals surface area contributed by atoms with E-state index in [1.165, 1.54) is 11.3 Å². The zero-order valence-electron chi connectivity index (χ0n) is 10.5. The monoisotopic (exact) mass is 322 g/mol. The maximum Gasteiger partial charge on any atom is 0.257 e. The van der Waals surface area contributed by atoms with Gasteiger partial charge < -0.3 is 0 Å². The van der Waals surface area contributed by atoms with E-state index in [2.05, 4.69) is 10.3 Å². The first-order valence-corrected chi connectivity index (χ1v) is 7.64. The first kappa shape index (κ1) is 13.8. The van der Waals surface area contributed by atoms with Gasteiger partial charge in [-0.25, -0.2) is 13.8 Å². The fraction of sp³-hybridized carbons (Fsp3) is 0. The van der Waals surface area contributed by atoms with E-state index >= 15 is 0 Å². The number of nitrogens with one attached hydrogen (secondary N) is 1.